The molecule has 2 heterocycles. The minimum Gasteiger partial charge on any atom is -0.375 e. The van der Waals surface area contributed by atoms with Gasteiger partial charge in [-0.3, -0.25) is 0 Å². The SMILES string of the molecule is Cc1nnn2c1COCC(CNS(=O)(=O)c1cccc(F)c1)C2. The molecule has 23 heavy (non-hydrogen) atoms. The molecule has 124 valence electrons. The van der Waals surface area contributed by atoms with Gasteiger partial charge in [-0.15, -0.1) is 5.10 Å². The van der Waals surface area contributed by atoms with Crippen molar-refractivity contribution in [3.8, 4) is 0 Å². The van der Waals surface area contributed by atoms with E-state index in [9.17, 15) is 12.8 Å². The fourth-order valence-corrected chi connectivity index (χ4v) is 3.58. The summed E-state index contributed by atoms with van der Waals surface area (Å²) in [5, 5.41) is 8.03. The van der Waals surface area contributed by atoms with Crippen molar-refractivity contribution in [2.24, 2.45) is 5.92 Å². The molecule has 1 aliphatic heterocycles. The van der Waals surface area contributed by atoms with Crippen molar-refractivity contribution in [3.05, 3.63) is 41.5 Å². The Morgan fingerprint density at radius 1 is 1.48 bits per heavy atom. The van der Waals surface area contributed by atoms with E-state index in [-0.39, 0.29) is 17.4 Å². The predicted molar refractivity (Wildman–Crippen MR) is 79.5 cm³/mol. The van der Waals surface area contributed by atoms with Gasteiger partial charge in [-0.1, -0.05) is 11.3 Å². The van der Waals surface area contributed by atoms with Crippen LogP contribution in [0.1, 0.15) is 11.4 Å². The Morgan fingerprint density at radius 3 is 3.09 bits per heavy atom. The molecule has 1 N–H and O–H groups in total. The zero-order valence-electron chi connectivity index (χ0n) is 12.6. The first-order valence-electron chi connectivity index (χ1n) is 7.17. The molecule has 9 heteroatoms. The first kappa shape index (κ1) is 16.0. The highest BCUT2D eigenvalue weighted by Crippen LogP contribution is 2.16. The molecule has 0 bridgehead atoms. The van der Waals surface area contributed by atoms with Crippen LogP contribution in [0.4, 0.5) is 4.39 Å². The summed E-state index contributed by atoms with van der Waals surface area (Å²) in [4.78, 5) is -0.0932. The second-order valence-electron chi connectivity index (χ2n) is 5.49. The second kappa shape index (κ2) is 6.34. The molecule has 2 aromatic rings. The fourth-order valence-electron chi connectivity index (χ4n) is 2.43. The molecule has 0 saturated heterocycles. The summed E-state index contributed by atoms with van der Waals surface area (Å²) in [5.74, 6) is -0.672. The molecule has 1 aliphatic rings. The van der Waals surface area contributed by atoms with Crippen LogP contribution in [0.2, 0.25) is 0 Å². The largest absolute Gasteiger partial charge is 0.375 e. The van der Waals surface area contributed by atoms with E-state index in [1.165, 1.54) is 18.2 Å². The van der Waals surface area contributed by atoms with E-state index in [0.717, 1.165) is 17.5 Å². The van der Waals surface area contributed by atoms with E-state index in [0.29, 0.717) is 19.8 Å². The Hall–Kier alpha value is -1.84. The van der Waals surface area contributed by atoms with Gasteiger partial charge in [0.1, 0.15) is 5.82 Å². The number of hydrogen-bond acceptors (Lipinski definition) is 5. The lowest BCUT2D eigenvalue weighted by Crippen LogP contribution is -2.33. The number of rotatable bonds is 4. The van der Waals surface area contributed by atoms with E-state index >= 15 is 0 Å². The maximum absolute atomic E-state index is 13.2. The van der Waals surface area contributed by atoms with E-state index in [1.54, 1.807) is 4.68 Å². The van der Waals surface area contributed by atoms with Gasteiger partial charge in [0.2, 0.25) is 10.0 Å². The zero-order chi connectivity index (χ0) is 16.4. The van der Waals surface area contributed by atoms with Crippen LogP contribution in [-0.2, 0) is 27.9 Å². The van der Waals surface area contributed by atoms with Gasteiger partial charge < -0.3 is 4.74 Å². The summed E-state index contributed by atoms with van der Waals surface area (Å²) in [6.07, 6.45) is 0. The Balaban J connectivity index is 1.68. The minimum absolute atomic E-state index is 0.0827. The average molecular weight is 340 g/mol. The van der Waals surface area contributed by atoms with Crippen LogP contribution in [0, 0.1) is 18.7 Å². The minimum atomic E-state index is -3.76. The number of fused-ring (bicyclic) bond motifs is 1. The lowest BCUT2D eigenvalue weighted by Gasteiger charge is -2.15. The number of halogens is 1. The summed E-state index contributed by atoms with van der Waals surface area (Å²) in [6.45, 7) is 3.37. The molecule has 0 amide bonds. The molecule has 0 radical (unpaired) electrons. The molecule has 0 saturated carbocycles. The summed E-state index contributed by atoms with van der Waals surface area (Å²) < 4.78 is 47.4. The van der Waals surface area contributed by atoms with Crippen LogP contribution in [0.3, 0.4) is 0 Å². The average Bonchev–Trinajstić information content (AvgIpc) is 2.73. The van der Waals surface area contributed by atoms with Crippen molar-refractivity contribution in [2.45, 2.75) is 25.0 Å². The van der Waals surface area contributed by atoms with Gasteiger partial charge in [0.25, 0.3) is 0 Å². The molecule has 0 fully saturated rings. The predicted octanol–water partition coefficient (Wildman–Crippen LogP) is 0.851. The molecular formula is C14H17FN4O3S. The first-order valence-corrected chi connectivity index (χ1v) is 8.66. The van der Waals surface area contributed by atoms with Crippen molar-refractivity contribution in [2.75, 3.05) is 13.2 Å². The smallest absolute Gasteiger partial charge is 0.240 e. The van der Waals surface area contributed by atoms with Crippen LogP contribution in [0.15, 0.2) is 29.2 Å². The van der Waals surface area contributed by atoms with Crippen LogP contribution in [-0.4, -0.2) is 36.6 Å². The van der Waals surface area contributed by atoms with Gasteiger partial charge in [0.05, 0.1) is 29.5 Å². The van der Waals surface area contributed by atoms with Crippen LogP contribution in [0.5, 0.6) is 0 Å². The van der Waals surface area contributed by atoms with Gasteiger partial charge in [0, 0.05) is 19.0 Å². The van der Waals surface area contributed by atoms with Gasteiger partial charge in [-0.05, 0) is 25.1 Å². The molecule has 1 aromatic carbocycles. The third-order valence-electron chi connectivity index (χ3n) is 3.72. The number of hydrogen-bond donors (Lipinski definition) is 1. The number of nitrogens with one attached hydrogen (secondary N) is 1. The van der Waals surface area contributed by atoms with Gasteiger partial charge in [0.15, 0.2) is 0 Å². The van der Waals surface area contributed by atoms with Gasteiger partial charge in [-0.2, -0.15) is 0 Å². The van der Waals surface area contributed by atoms with E-state index in [1.807, 2.05) is 6.92 Å². The standard InChI is InChI=1S/C14H17FN4O3S/c1-10-14-9-22-8-11(7-19(14)18-17-10)6-16-23(20,21)13-4-2-3-12(15)5-13/h2-5,11,16H,6-9H2,1H3. The topological polar surface area (TPSA) is 86.1 Å². The fraction of sp³-hybridized carbons (Fsp3) is 0.429. The van der Waals surface area contributed by atoms with Gasteiger partial charge in [-0.25, -0.2) is 22.2 Å². The second-order valence-corrected chi connectivity index (χ2v) is 7.26. The third kappa shape index (κ3) is 3.57. The van der Waals surface area contributed by atoms with E-state index in [4.69, 9.17) is 4.74 Å². The molecule has 0 spiro atoms. The normalized spacial score (nSPS) is 18.4. The number of aromatic nitrogens is 3. The van der Waals surface area contributed by atoms with Crippen LogP contribution >= 0.6 is 0 Å². The Bertz CT molecular complexity index is 806. The molecular weight excluding hydrogens is 323 g/mol. The third-order valence-corrected chi connectivity index (χ3v) is 5.15. The zero-order valence-corrected chi connectivity index (χ0v) is 13.4. The van der Waals surface area contributed by atoms with Crippen molar-refractivity contribution < 1.29 is 17.5 Å². The first-order chi connectivity index (χ1) is 11.0. The molecule has 1 atom stereocenters. The summed E-state index contributed by atoms with van der Waals surface area (Å²) in [7, 11) is -3.76. The van der Waals surface area contributed by atoms with Gasteiger partial charge >= 0.3 is 0 Å². The Kier molecular flexibility index (Phi) is 4.42. The Labute approximate surface area is 133 Å². The number of aryl methyl sites for hydroxylation is 1. The maximum atomic E-state index is 13.2. The Morgan fingerprint density at radius 2 is 2.30 bits per heavy atom. The highest BCUT2D eigenvalue weighted by Gasteiger charge is 2.22. The molecule has 7 nitrogen and oxygen atoms in total. The van der Waals surface area contributed by atoms with E-state index in [2.05, 4.69) is 15.0 Å². The van der Waals surface area contributed by atoms with Crippen LogP contribution < -0.4 is 4.72 Å². The monoisotopic (exact) mass is 340 g/mol. The van der Waals surface area contributed by atoms with Crippen molar-refractivity contribution in [3.63, 3.8) is 0 Å². The molecule has 1 aromatic heterocycles. The number of sulfonamides is 1. The number of benzene rings is 1. The molecule has 3 rings (SSSR count). The van der Waals surface area contributed by atoms with Crippen molar-refractivity contribution in [1.29, 1.82) is 0 Å². The summed E-state index contributed by atoms with van der Waals surface area (Å²) in [6, 6.07) is 4.91. The van der Waals surface area contributed by atoms with Crippen molar-refractivity contribution >= 4 is 10.0 Å². The van der Waals surface area contributed by atoms with Crippen LogP contribution in [0.25, 0.3) is 0 Å². The lowest BCUT2D eigenvalue weighted by atomic mass is 10.1. The molecule has 0 aliphatic carbocycles. The maximum Gasteiger partial charge on any atom is 0.240 e. The lowest BCUT2D eigenvalue weighted by molar-refractivity contribution is 0.0954. The highest BCUT2D eigenvalue weighted by molar-refractivity contribution is 7.89. The van der Waals surface area contributed by atoms with E-state index < -0.39 is 15.8 Å². The highest BCUT2D eigenvalue weighted by atomic mass is 32.2. The van der Waals surface area contributed by atoms with Crippen molar-refractivity contribution in [1.82, 2.24) is 19.7 Å². The number of ether oxygens (including phenoxy) is 1. The summed E-state index contributed by atoms with van der Waals surface area (Å²) >= 11 is 0. The quantitative estimate of drug-likeness (QED) is 0.892. The number of nitrogens with zero attached hydrogens (tertiary/aromatic N) is 3. The summed E-state index contributed by atoms with van der Waals surface area (Å²) in [5.41, 5.74) is 1.71. The molecule has 1 unspecified atom stereocenters.